The van der Waals surface area contributed by atoms with Gasteiger partial charge in [0.15, 0.2) is 23.1 Å². The van der Waals surface area contributed by atoms with Crippen molar-refractivity contribution in [1.82, 2.24) is 5.32 Å². The summed E-state index contributed by atoms with van der Waals surface area (Å²) in [6, 6.07) is 8.43. The van der Waals surface area contributed by atoms with Crippen molar-refractivity contribution >= 4 is 12.0 Å². The summed E-state index contributed by atoms with van der Waals surface area (Å²) in [4.78, 5) is 12.1. The SMILES string of the molecule is COc1cc(/C=C/C(=O)NC(C)c2ccc(F)c(F)c2)ccc1OC(C)C. The Labute approximate surface area is 157 Å². The zero-order valence-electron chi connectivity index (χ0n) is 15.8. The lowest BCUT2D eigenvalue weighted by molar-refractivity contribution is -0.117. The van der Waals surface area contributed by atoms with Gasteiger partial charge >= 0.3 is 0 Å². The van der Waals surface area contributed by atoms with E-state index >= 15 is 0 Å². The number of ether oxygens (including phenoxy) is 2. The van der Waals surface area contributed by atoms with E-state index in [1.165, 1.54) is 12.1 Å². The molecule has 0 fully saturated rings. The molecule has 1 N–H and O–H groups in total. The van der Waals surface area contributed by atoms with Crippen LogP contribution in [0.15, 0.2) is 42.5 Å². The Morgan fingerprint density at radius 2 is 1.78 bits per heavy atom. The predicted octanol–water partition coefficient (Wildman–Crippen LogP) is 4.65. The van der Waals surface area contributed by atoms with Gasteiger partial charge in [0.1, 0.15) is 0 Å². The Morgan fingerprint density at radius 3 is 2.41 bits per heavy atom. The number of rotatable bonds is 7. The third kappa shape index (κ3) is 5.81. The third-order valence-corrected chi connectivity index (χ3v) is 3.78. The van der Waals surface area contributed by atoms with Crippen molar-refractivity contribution in [2.75, 3.05) is 7.11 Å². The summed E-state index contributed by atoms with van der Waals surface area (Å²) in [5.41, 5.74) is 1.24. The van der Waals surface area contributed by atoms with Crippen LogP contribution in [-0.4, -0.2) is 19.1 Å². The summed E-state index contributed by atoms with van der Waals surface area (Å²) >= 11 is 0. The Hall–Kier alpha value is -2.89. The van der Waals surface area contributed by atoms with Crippen molar-refractivity contribution < 1.29 is 23.0 Å². The standard InChI is InChI=1S/C21H23F2NO3/c1-13(2)27-19-9-5-15(11-20(19)26-4)6-10-21(25)24-14(3)16-7-8-17(22)18(23)12-16/h5-14H,1-4H3,(H,24,25)/b10-6+. The molecular weight excluding hydrogens is 352 g/mol. The van der Waals surface area contributed by atoms with Crippen LogP contribution in [0, 0.1) is 11.6 Å². The van der Waals surface area contributed by atoms with Gasteiger partial charge in [-0.1, -0.05) is 12.1 Å². The lowest BCUT2D eigenvalue weighted by Gasteiger charge is -2.14. The summed E-state index contributed by atoms with van der Waals surface area (Å²) in [7, 11) is 1.55. The minimum absolute atomic E-state index is 0.0175. The largest absolute Gasteiger partial charge is 0.493 e. The molecular formula is C21H23F2NO3. The fourth-order valence-corrected chi connectivity index (χ4v) is 2.44. The van der Waals surface area contributed by atoms with Crippen LogP contribution in [0.5, 0.6) is 11.5 Å². The summed E-state index contributed by atoms with van der Waals surface area (Å²) in [6.45, 7) is 5.54. The Kier molecular flexibility index (Phi) is 6.93. The fraction of sp³-hybridized carbons (Fsp3) is 0.286. The van der Waals surface area contributed by atoms with E-state index in [1.807, 2.05) is 19.9 Å². The van der Waals surface area contributed by atoms with Gasteiger partial charge in [-0.3, -0.25) is 4.79 Å². The Bertz CT molecular complexity index is 834. The van der Waals surface area contributed by atoms with Gasteiger partial charge in [0.05, 0.1) is 19.3 Å². The highest BCUT2D eigenvalue weighted by molar-refractivity contribution is 5.92. The topological polar surface area (TPSA) is 47.6 Å². The van der Waals surface area contributed by atoms with E-state index in [4.69, 9.17) is 9.47 Å². The molecule has 0 saturated heterocycles. The van der Waals surface area contributed by atoms with Gasteiger partial charge in [-0.2, -0.15) is 0 Å². The molecule has 2 aromatic carbocycles. The van der Waals surface area contributed by atoms with E-state index in [2.05, 4.69) is 5.32 Å². The fourth-order valence-electron chi connectivity index (χ4n) is 2.44. The molecule has 0 heterocycles. The van der Waals surface area contributed by atoms with Gasteiger partial charge in [-0.15, -0.1) is 0 Å². The van der Waals surface area contributed by atoms with Crippen LogP contribution in [0.25, 0.3) is 6.08 Å². The number of halogens is 2. The molecule has 0 bridgehead atoms. The van der Waals surface area contributed by atoms with Crippen LogP contribution in [0.1, 0.15) is 37.9 Å². The minimum Gasteiger partial charge on any atom is -0.493 e. The number of methoxy groups -OCH3 is 1. The number of nitrogens with one attached hydrogen (secondary N) is 1. The minimum atomic E-state index is -0.944. The molecule has 0 radical (unpaired) electrons. The first-order valence-electron chi connectivity index (χ1n) is 8.58. The van der Waals surface area contributed by atoms with Crippen LogP contribution in [0.2, 0.25) is 0 Å². The number of carbonyl (C=O) groups is 1. The van der Waals surface area contributed by atoms with Crippen LogP contribution >= 0.6 is 0 Å². The second-order valence-corrected chi connectivity index (χ2v) is 6.31. The number of carbonyl (C=O) groups excluding carboxylic acids is 1. The number of hydrogen-bond acceptors (Lipinski definition) is 3. The smallest absolute Gasteiger partial charge is 0.244 e. The number of amides is 1. The van der Waals surface area contributed by atoms with E-state index in [-0.39, 0.29) is 12.0 Å². The Morgan fingerprint density at radius 1 is 1.04 bits per heavy atom. The zero-order chi connectivity index (χ0) is 20.0. The number of benzene rings is 2. The van der Waals surface area contributed by atoms with Crippen LogP contribution in [-0.2, 0) is 4.79 Å². The van der Waals surface area contributed by atoms with E-state index < -0.39 is 17.7 Å². The van der Waals surface area contributed by atoms with Crippen molar-refractivity contribution in [2.45, 2.75) is 32.9 Å². The predicted molar refractivity (Wildman–Crippen MR) is 101 cm³/mol. The van der Waals surface area contributed by atoms with Gasteiger partial charge < -0.3 is 14.8 Å². The van der Waals surface area contributed by atoms with Crippen molar-refractivity contribution in [2.24, 2.45) is 0 Å². The second kappa shape index (κ2) is 9.16. The molecule has 0 aliphatic rings. The van der Waals surface area contributed by atoms with Crippen LogP contribution < -0.4 is 14.8 Å². The summed E-state index contributed by atoms with van der Waals surface area (Å²) in [5.74, 6) is -1.02. The molecule has 0 aromatic heterocycles. The molecule has 0 saturated carbocycles. The highest BCUT2D eigenvalue weighted by Gasteiger charge is 2.11. The normalized spacial score (nSPS) is 12.3. The molecule has 27 heavy (non-hydrogen) atoms. The molecule has 2 rings (SSSR count). The van der Waals surface area contributed by atoms with Gasteiger partial charge in [0, 0.05) is 6.08 Å². The van der Waals surface area contributed by atoms with Crippen molar-refractivity contribution in [3.05, 3.63) is 65.2 Å². The molecule has 6 heteroatoms. The molecule has 0 spiro atoms. The van der Waals surface area contributed by atoms with Crippen molar-refractivity contribution in [3.8, 4) is 11.5 Å². The summed E-state index contributed by atoms with van der Waals surface area (Å²) in [5, 5.41) is 2.71. The maximum Gasteiger partial charge on any atom is 0.244 e. The summed E-state index contributed by atoms with van der Waals surface area (Å²) in [6.07, 6.45) is 3.02. The van der Waals surface area contributed by atoms with Gasteiger partial charge in [-0.25, -0.2) is 8.78 Å². The molecule has 144 valence electrons. The molecule has 1 unspecified atom stereocenters. The maximum absolute atomic E-state index is 13.3. The quantitative estimate of drug-likeness (QED) is 0.717. The monoisotopic (exact) mass is 375 g/mol. The first-order chi connectivity index (χ1) is 12.8. The second-order valence-electron chi connectivity index (χ2n) is 6.31. The lowest BCUT2D eigenvalue weighted by Crippen LogP contribution is -2.24. The Balaban J connectivity index is 2.04. The molecule has 4 nitrogen and oxygen atoms in total. The van der Waals surface area contributed by atoms with E-state index in [1.54, 1.807) is 32.2 Å². The molecule has 0 aliphatic carbocycles. The highest BCUT2D eigenvalue weighted by Crippen LogP contribution is 2.29. The first kappa shape index (κ1) is 20.4. The van der Waals surface area contributed by atoms with Gasteiger partial charge in [0.2, 0.25) is 5.91 Å². The average Bonchev–Trinajstić information content (AvgIpc) is 2.62. The van der Waals surface area contributed by atoms with Crippen molar-refractivity contribution in [1.29, 1.82) is 0 Å². The van der Waals surface area contributed by atoms with E-state index in [0.717, 1.165) is 17.7 Å². The maximum atomic E-state index is 13.3. The third-order valence-electron chi connectivity index (χ3n) is 3.78. The molecule has 0 aliphatic heterocycles. The van der Waals surface area contributed by atoms with E-state index in [9.17, 15) is 13.6 Å². The van der Waals surface area contributed by atoms with E-state index in [0.29, 0.717) is 17.1 Å². The summed E-state index contributed by atoms with van der Waals surface area (Å²) < 4.78 is 37.3. The average molecular weight is 375 g/mol. The highest BCUT2D eigenvalue weighted by atomic mass is 19.2. The molecule has 1 amide bonds. The lowest BCUT2D eigenvalue weighted by atomic mass is 10.1. The molecule has 2 aromatic rings. The van der Waals surface area contributed by atoms with Crippen LogP contribution in [0.3, 0.4) is 0 Å². The molecule has 1 atom stereocenters. The van der Waals surface area contributed by atoms with Gasteiger partial charge in [-0.05, 0) is 62.2 Å². The zero-order valence-corrected chi connectivity index (χ0v) is 15.8. The first-order valence-corrected chi connectivity index (χ1v) is 8.58. The van der Waals surface area contributed by atoms with Crippen molar-refractivity contribution in [3.63, 3.8) is 0 Å². The number of hydrogen-bond donors (Lipinski definition) is 1. The van der Waals surface area contributed by atoms with Crippen LogP contribution in [0.4, 0.5) is 8.78 Å². The van der Waals surface area contributed by atoms with Gasteiger partial charge in [0.25, 0.3) is 0 Å².